The van der Waals surface area contributed by atoms with Crippen LogP contribution in [0, 0.1) is 12.7 Å². The van der Waals surface area contributed by atoms with Crippen LogP contribution >= 0.6 is 0 Å². The van der Waals surface area contributed by atoms with Gasteiger partial charge in [0.25, 0.3) is 0 Å². The van der Waals surface area contributed by atoms with Crippen LogP contribution in [0.3, 0.4) is 0 Å². The zero-order valence-corrected chi connectivity index (χ0v) is 26.0. The summed E-state index contributed by atoms with van der Waals surface area (Å²) in [5, 5.41) is 25.2. The molecule has 0 saturated carbocycles. The number of esters is 2. The number of aryl methyl sites for hydroxylation is 1. The first-order valence-electron chi connectivity index (χ1n) is 14.5. The standard InChI is InChI=1S/C35H31FN6O6/c1-4-34(43)47-20-18-45-29-13-10-27(11-14-29)38-41-32-16-12-28(22-24(32)3)40-37-25-6-8-26(9-7-25)39-42-33-17-15-30(23-31(33)36)46-19-21-48-35(44)5-2/h4-17,22-23H,1-2,18-21H2,3H3. The van der Waals surface area contributed by atoms with Crippen LogP contribution in [0.2, 0.25) is 0 Å². The third kappa shape index (κ3) is 11.2. The summed E-state index contributed by atoms with van der Waals surface area (Å²) in [6.07, 6.45) is 2.15. The lowest BCUT2D eigenvalue weighted by atomic mass is 10.2. The second-order valence-electron chi connectivity index (χ2n) is 9.63. The Morgan fingerprint density at radius 3 is 1.56 bits per heavy atom. The molecule has 0 bridgehead atoms. The lowest BCUT2D eigenvalue weighted by Crippen LogP contribution is -2.10. The maximum atomic E-state index is 14.4. The highest BCUT2D eigenvalue weighted by Crippen LogP contribution is 2.29. The number of halogens is 1. The predicted molar refractivity (Wildman–Crippen MR) is 176 cm³/mol. The van der Waals surface area contributed by atoms with Gasteiger partial charge in [0.2, 0.25) is 0 Å². The lowest BCUT2D eigenvalue weighted by Gasteiger charge is -2.07. The molecule has 244 valence electrons. The maximum absolute atomic E-state index is 14.4. The van der Waals surface area contributed by atoms with E-state index in [-0.39, 0.29) is 37.9 Å². The minimum absolute atomic E-state index is 0.0125. The molecule has 0 saturated heterocycles. The number of ether oxygens (including phenoxy) is 4. The van der Waals surface area contributed by atoms with Gasteiger partial charge in [-0.25, -0.2) is 14.0 Å². The molecule has 4 aromatic rings. The summed E-state index contributed by atoms with van der Waals surface area (Å²) in [6.45, 7) is 8.96. The largest absolute Gasteiger partial charge is 0.490 e. The fraction of sp³-hybridized carbons (Fsp3) is 0.143. The molecule has 4 rings (SSSR count). The van der Waals surface area contributed by atoms with Crippen molar-refractivity contribution in [1.29, 1.82) is 0 Å². The smallest absolute Gasteiger partial charge is 0.330 e. The Morgan fingerprint density at radius 1 is 0.583 bits per heavy atom. The van der Waals surface area contributed by atoms with Gasteiger partial charge in [0, 0.05) is 18.2 Å². The molecule has 13 heteroatoms. The van der Waals surface area contributed by atoms with Crippen molar-refractivity contribution in [2.75, 3.05) is 26.4 Å². The van der Waals surface area contributed by atoms with Crippen LogP contribution in [0.5, 0.6) is 11.5 Å². The van der Waals surface area contributed by atoms with Gasteiger partial charge in [0.05, 0.1) is 28.4 Å². The van der Waals surface area contributed by atoms with E-state index in [0.717, 1.165) is 17.7 Å². The summed E-state index contributed by atoms with van der Waals surface area (Å²) in [5.41, 5.74) is 3.94. The number of benzene rings is 4. The number of rotatable bonds is 16. The van der Waals surface area contributed by atoms with Crippen LogP contribution in [0.15, 0.2) is 141 Å². The van der Waals surface area contributed by atoms with Gasteiger partial charge < -0.3 is 18.9 Å². The molecular weight excluding hydrogens is 619 g/mol. The lowest BCUT2D eigenvalue weighted by molar-refractivity contribution is -0.139. The minimum atomic E-state index is -0.615. The van der Waals surface area contributed by atoms with Crippen LogP contribution in [-0.2, 0) is 19.1 Å². The highest BCUT2D eigenvalue weighted by molar-refractivity contribution is 5.81. The third-order valence-electron chi connectivity index (χ3n) is 6.14. The van der Waals surface area contributed by atoms with E-state index in [1.807, 2.05) is 13.0 Å². The van der Waals surface area contributed by atoms with Gasteiger partial charge >= 0.3 is 11.9 Å². The first-order valence-corrected chi connectivity index (χ1v) is 14.5. The van der Waals surface area contributed by atoms with Crippen molar-refractivity contribution < 1.29 is 32.9 Å². The second kappa shape index (κ2) is 17.9. The molecule has 0 aliphatic heterocycles. The average molecular weight is 651 g/mol. The number of hydrogen-bond acceptors (Lipinski definition) is 12. The van der Waals surface area contributed by atoms with Crippen molar-refractivity contribution in [3.8, 4) is 11.5 Å². The summed E-state index contributed by atoms with van der Waals surface area (Å²) in [7, 11) is 0. The van der Waals surface area contributed by atoms with Gasteiger partial charge in [0.1, 0.15) is 43.6 Å². The van der Waals surface area contributed by atoms with Crippen molar-refractivity contribution in [2.24, 2.45) is 30.7 Å². The van der Waals surface area contributed by atoms with E-state index >= 15 is 0 Å². The Balaban J connectivity index is 1.26. The van der Waals surface area contributed by atoms with E-state index in [4.69, 9.17) is 18.9 Å². The van der Waals surface area contributed by atoms with Gasteiger partial charge in [-0.15, -0.1) is 5.11 Å². The molecule has 4 aromatic carbocycles. The van der Waals surface area contributed by atoms with Crippen molar-refractivity contribution in [3.63, 3.8) is 0 Å². The number of nitrogens with zero attached hydrogens (tertiary/aromatic N) is 6. The third-order valence-corrected chi connectivity index (χ3v) is 6.14. The van der Waals surface area contributed by atoms with Crippen molar-refractivity contribution >= 4 is 46.1 Å². The monoisotopic (exact) mass is 650 g/mol. The predicted octanol–water partition coefficient (Wildman–Crippen LogP) is 9.60. The molecule has 0 aliphatic carbocycles. The molecule has 48 heavy (non-hydrogen) atoms. The fourth-order valence-electron chi connectivity index (χ4n) is 3.73. The first-order chi connectivity index (χ1) is 23.3. The van der Waals surface area contributed by atoms with E-state index in [9.17, 15) is 14.0 Å². The zero-order valence-electron chi connectivity index (χ0n) is 26.0. The minimum Gasteiger partial charge on any atom is -0.490 e. The molecule has 0 N–H and O–H groups in total. The fourth-order valence-corrected chi connectivity index (χ4v) is 3.73. The maximum Gasteiger partial charge on any atom is 0.330 e. The number of carbonyl (C=O) groups is 2. The Morgan fingerprint density at radius 2 is 1.02 bits per heavy atom. The summed E-state index contributed by atoms with van der Waals surface area (Å²) in [5.74, 6) is -0.794. The SMILES string of the molecule is C=CC(=O)OCCOc1ccc(N=Nc2ccc(N=Nc3ccc(N=Nc4ccc(OCCOC(=O)C=C)cc4F)cc3)cc2C)cc1. The van der Waals surface area contributed by atoms with Crippen molar-refractivity contribution in [3.05, 3.63) is 122 Å². The Bertz CT molecular complexity index is 1820. The topological polar surface area (TPSA) is 145 Å². The molecule has 0 atom stereocenters. The summed E-state index contributed by atoms with van der Waals surface area (Å²) in [6, 6.07) is 23.4. The van der Waals surface area contributed by atoms with Crippen LogP contribution in [0.4, 0.5) is 38.5 Å². The molecule has 0 amide bonds. The van der Waals surface area contributed by atoms with Crippen molar-refractivity contribution in [2.45, 2.75) is 6.92 Å². The quantitative estimate of drug-likeness (QED) is 0.0511. The normalized spacial score (nSPS) is 11.1. The van der Waals surface area contributed by atoms with E-state index in [0.29, 0.717) is 34.2 Å². The Labute approximate surface area is 276 Å². The highest BCUT2D eigenvalue weighted by atomic mass is 19.1. The first kappa shape index (κ1) is 34.5. The number of carbonyl (C=O) groups excluding carboxylic acids is 2. The molecule has 12 nitrogen and oxygen atoms in total. The van der Waals surface area contributed by atoms with E-state index in [2.05, 4.69) is 43.8 Å². The van der Waals surface area contributed by atoms with E-state index in [1.165, 1.54) is 12.1 Å². The molecular formula is C35H31FN6O6. The van der Waals surface area contributed by atoms with Gasteiger partial charge in [-0.1, -0.05) is 13.2 Å². The van der Waals surface area contributed by atoms with Gasteiger partial charge in [-0.05, 0) is 91.3 Å². The van der Waals surface area contributed by atoms with Crippen LogP contribution in [0.25, 0.3) is 0 Å². The van der Waals surface area contributed by atoms with Crippen LogP contribution in [0.1, 0.15) is 5.56 Å². The second-order valence-corrected chi connectivity index (χ2v) is 9.63. The molecule has 0 unspecified atom stereocenters. The Hall–Kier alpha value is -6.37. The molecule has 0 spiro atoms. The summed E-state index contributed by atoms with van der Waals surface area (Å²) < 4.78 is 35.0. The van der Waals surface area contributed by atoms with Crippen LogP contribution in [-0.4, -0.2) is 38.4 Å². The van der Waals surface area contributed by atoms with E-state index < -0.39 is 17.8 Å². The summed E-state index contributed by atoms with van der Waals surface area (Å²) in [4.78, 5) is 22.1. The van der Waals surface area contributed by atoms with Gasteiger partial charge in [0.15, 0.2) is 5.82 Å². The molecule has 0 heterocycles. The highest BCUT2D eigenvalue weighted by Gasteiger charge is 2.05. The number of hydrogen-bond donors (Lipinski definition) is 0. The molecule has 0 aliphatic rings. The Kier molecular flexibility index (Phi) is 12.9. The summed E-state index contributed by atoms with van der Waals surface area (Å²) >= 11 is 0. The number of azo groups is 3. The average Bonchev–Trinajstić information content (AvgIpc) is 3.11. The molecule has 0 fully saturated rings. The van der Waals surface area contributed by atoms with Gasteiger partial charge in [-0.3, -0.25) is 0 Å². The molecule has 0 radical (unpaired) electrons. The van der Waals surface area contributed by atoms with E-state index in [1.54, 1.807) is 66.7 Å². The van der Waals surface area contributed by atoms with Crippen molar-refractivity contribution in [1.82, 2.24) is 0 Å². The van der Waals surface area contributed by atoms with Crippen LogP contribution < -0.4 is 9.47 Å². The zero-order chi connectivity index (χ0) is 34.1. The molecule has 0 aromatic heterocycles. The van der Waals surface area contributed by atoms with Gasteiger partial charge in [-0.2, -0.15) is 25.6 Å².